The quantitative estimate of drug-likeness (QED) is 0.365. The number of nitro benzene ring substituents is 1. The maximum Gasteiger partial charge on any atom is 0.293 e. The summed E-state index contributed by atoms with van der Waals surface area (Å²) < 4.78 is 15.7. The van der Waals surface area contributed by atoms with Crippen molar-refractivity contribution >= 4 is 51.9 Å². The van der Waals surface area contributed by atoms with E-state index in [9.17, 15) is 14.9 Å². The Morgan fingerprint density at radius 2 is 1.88 bits per heavy atom. The monoisotopic (exact) mass is 480 g/mol. The maximum absolute atomic E-state index is 12.7. The number of hydrogen-bond donors (Lipinski definition) is 2. The lowest BCUT2D eigenvalue weighted by Gasteiger charge is -2.28. The van der Waals surface area contributed by atoms with Crippen molar-refractivity contribution in [2.45, 2.75) is 0 Å². The number of anilines is 2. The van der Waals surface area contributed by atoms with Gasteiger partial charge in [0.1, 0.15) is 17.2 Å². The summed E-state index contributed by atoms with van der Waals surface area (Å²) in [6.45, 7) is 2.04. The van der Waals surface area contributed by atoms with Crippen LogP contribution in [0.15, 0.2) is 30.3 Å². The molecule has 10 nitrogen and oxygen atoms in total. The van der Waals surface area contributed by atoms with Gasteiger partial charge in [0.05, 0.1) is 43.1 Å². The van der Waals surface area contributed by atoms with Crippen molar-refractivity contribution in [3.05, 3.63) is 51.0 Å². The number of hydrogen-bond acceptors (Lipinski definition) is 8. The molecule has 0 radical (unpaired) electrons. The van der Waals surface area contributed by atoms with Crippen LogP contribution in [-0.2, 0) is 4.74 Å². The van der Waals surface area contributed by atoms with Crippen molar-refractivity contribution in [2.24, 2.45) is 0 Å². The molecule has 1 heterocycles. The third kappa shape index (κ3) is 5.36. The highest BCUT2D eigenvalue weighted by molar-refractivity contribution is 7.80. The van der Waals surface area contributed by atoms with Gasteiger partial charge in [0.2, 0.25) is 0 Å². The minimum atomic E-state index is -0.598. The molecule has 0 unspecified atom stereocenters. The number of carbonyl (C=O) groups is 1. The summed E-state index contributed by atoms with van der Waals surface area (Å²) in [4.78, 5) is 25.6. The summed E-state index contributed by atoms with van der Waals surface area (Å²) in [6.07, 6.45) is 0. The summed E-state index contributed by atoms with van der Waals surface area (Å²) in [7, 11) is 2.92. The number of carbonyl (C=O) groups excluding carboxylic acids is 1. The summed E-state index contributed by atoms with van der Waals surface area (Å²) in [5.74, 6) is 0.176. The summed E-state index contributed by atoms with van der Waals surface area (Å²) in [5, 5.41) is 17.3. The highest BCUT2D eigenvalue weighted by atomic mass is 35.5. The maximum atomic E-state index is 12.7. The van der Waals surface area contributed by atoms with Gasteiger partial charge >= 0.3 is 0 Å². The number of ether oxygens (including phenoxy) is 3. The van der Waals surface area contributed by atoms with Crippen LogP contribution < -0.4 is 25.0 Å². The first-order valence-electron chi connectivity index (χ1n) is 9.49. The van der Waals surface area contributed by atoms with Gasteiger partial charge in [0.15, 0.2) is 5.11 Å². The van der Waals surface area contributed by atoms with Gasteiger partial charge in [-0.2, -0.15) is 0 Å². The van der Waals surface area contributed by atoms with E-state index in [-0.39, 0.29) is 16.4 Å². The molecule has 0 spiro atoms. The van der Waals surface area contributed by atoms with Crippen LogP contribution in [0.25, 0.3) is 0 Å². The van der Waals surface area contributed by atoms with Crippen LogP contribution in [0.4, 0.5) is 17.1 Å². The molecule has 170 valence electrons. The number of thiocarbonyl (C=S) groups is 1. The van der Waals surface area contributed by atoms with E-state index in [2.05, 4.69) is 10.6 Å². The third-order valence-corrected chi connectivity index (χ3v) is 5.23. The van der Waals surface area contributed by atoms with Gasteiger partial charge < -0.3 is 24.4 Å². The van der Waals surface area contributed by atoms with Gasteiger partial charge in [-0.3, -0.25) is 20.2 Å². The fourth-order valence-corrected chi connectivity index (χ4v) is 3.60. The second-order valence-electron chi connectivity index (χ2n) is 6.66. The molecular formula is C20H21ClN4O6S. The van der Waals surface area contributed by atoms with E-state index in [0.717, 1.165) is 0 Å². The van der Waals surface area contributed by atoms with E-state index in [0.29, 0.717) is 54.2 Å². The molecule has 2 aromatic carbocycles. The smallest absolute Gasteiger partial charge is 0.293 e. The molecular weight excluding hydrogens is 460 g/mol. The van der Waals surface area contributed by atoms with Crippen molar-refractivity contribution in [2.75, 3.05) is 50.7 Å². The van der Waals surface area contributed by atoms with Crippen molar-refractivity contribution in [1.29, 1.82) is 0 Å². The van der Waals surface area contributed by atoms with Gasteiger partial charge in [-0.05, 0) is 24.4 Å². The van der Waals surface area contributed by atoms with Gasteiger partial charge in [0, 0.05) is 36.9 Å². The predicted molar refractivity (Wildman–Crippen MR) is 124 cm³/mol. The minimum Gasteiger partial charge on any atom is -0.495 e. The number of benzene rings is 2. The number of nitrogens with one attached hydrogen (secondary N) is 2. The van der Waals surface area contributed by atoms with Crippen molar-refractivity contribution < 1.29 is 23.9 Å². The number of morpholine rings is 1. The molecule has 1 fully saturated rings. The van der Waals surface area contributed by atoms with Crippen LogP contribution >= 0.6 is 23.8 Å². The van der Waals surface area contributed by atoms with Crippen molar-refractivity contribution in [1.82, 2.24) is 5.32 Å². The molecule has 0 aromatic heterocycles. The van der Waals surface area contributed by atoms with E-state index in [1.54, 1.807) is 18.2 Å². The molecule has 12 heteroatoms. The number of halogens is 1. The lowest BCUT2D eigenvalue weighted by molar-refractivity contribution is -0.384. The fourth-order valence-electron chi connectivity index (χ4n) is 3.17. The lowest BCUT2D eigenvalue weighted by atomic mass is 10.1. The second-order valence-corrected chi connectivity index (χ2v) is 7.47. The molecule has 0 aliphatic carbocycles. The zero-order valence-electron chi connectivity index (χ0n) is 17.3. The van der Waals surface area contributed by atoms with Crippen LogP contribution in [0, 0.1) is 10.1 Å². The Hall–Kier alpha value is -3.15. The summed E-state index contributed by atoms with van der Waals surface area (Å²) in [5.41, 5.74) is 0.794. The first kappa shape index (κ1) is 23.5. The SMILES string of the molecule is COc1cc(NC(=S)NC(=O)c2ccc(N3CCOCC3)c([N+](=O)[O-])c2)c(OC)cc1Cl. The largest absolute Gasteiger partial charge is 0.495 e. The van der Waals surface area contributed by atoms with E-state index < -0.39 is 10.8 Å². The summed E-state index contributed by atoms with van der Waals surface area (Å²) >= 11 is 11.3. The van der Waals surface area contributed by atoms with Gasteiger partial charge in [-0.15, -0.1) is 0 Å². The number of rotatable bonds is 6. The van der Waals surface area contributed by atoms with Crippen LogP contribution in [0.3, 0.4) is 0 Å². The van der Waals surface area contributed by atoms with Crippen LogP contribution in [0.1, 0.15) is 10.4 Å². The van der Waals surface area contributed by atoms with Crippen LogP contribution in [0.2, 0.25) is 5.02 Å². The molecule has 1 saturated heterocycles. The normalized spacial score (nSPS) is 13.3. The number of amides is 1. The van der Waals surface area contributed by atoms with E-state index >= 15 is 0 Å². The Bertz CT molecular complexity index is 1040. The summed E-state index contributed by atoms with van der Waals surface area (Å²) in [6, 6.07) is 7.42. The molecule has 0 bridgehead atoms. The molecule has 1 amide bonds. The Kier molecular flexibility index (Phi) is 7.67. The van der Waals surface area contributed by atoms with E-state index in [4.69, 9.17) is 38.0 Å². The van der Waals surface area contributed by atoms with Gasteiger partial charge in [-0.25, -0.2) is 0 Å². The molecule has 1 aliphatic rings. The Balaban J connectivity index is 1.76. The zero-order chi connectivity index (χ0) is 23.3. The Morgan fingerprint density at radius 1 is 1.19 bits per heavy atom. The topological polar surface area (TPSA) is 115 Å². The average molecular weight is 481 g/mol. The van der Waals surface area contributed by atoms with Gasteiger partial charge in [0.25, 0.3) is 11.6 Å². The van der Waals surface area contributed by atoms with Crippen LogP contribution in [0.5, 0.6) is 11.5 Å². The van der Waals surface area contributed by atoms with Crippen molar-refractivity contribution in [3.63, 3.8) is 0 Å². The Morgan fingerprint density at radius 3 is 2.50 bits per heavy atom. The molecule has 2 aromatic rings. The van der Waals surface area contributed by atoms with E-state index in [1.807, 2.05) is 4.90 Å². The molecule has 3 rings (SSSR count). The average Bonchev–Trinajstić information content (AvgIpc) is 2.79. The van der Waals surface area contributed by atoms with Crippen molar-refractivity contribution in [3.8, 4) is 11.5 Å². The second kappa shape index (κ2) is 10.4. The number of nitrogens with zero attached hydrogens (tertiary/aromatic N) is 2. The zero-order valence-corrected chi connectivity index (χ0v) is 18.9. The minimum absolute atomic E-state index is 0.0300. The standard InChI is InChI=1S/C20H21ClN4O6S/c1-29-17-11-14(18(30-2)10-13(17)21)22-20(32)23-19(26)12-3-4-15(16(9-12)25(27)28)24-5-7-31-8-6-24/h3-4,9-11H,5-8H2,1-2H3,(H2,22,23,26,32). The molecule has 0 saturated carbocycles. The highest BCUT2D eigenvalue weighted by Gasteiger charge is 2.23. The first-order chi connectivity index (χ1) is 15.3. The molecule has 32 heavy (non-hydrogen) atoms. The molecule has 0 atom stereocenters. The first-order valence-corrected chi connectivity index (χ1v) is 10.3. The Labute approximate surface area is 194 Å². The van der Waals surface area contributed by atoms with E-state index in [1.165, 1.54) is 26.4 Å². The number of nitro groups is 1. The molecule has 2 N–H and O–H groups in total. The highest BCUT2D eigenvalue weighted by Crippen LogP contribution is 2.36. The predicted octanol–water partition coefficient (Wildman–Crippen LogP) is 3.23. The fraction of sp³-hybridized carbons (Fsp3) is 0.300. The lowest BCUT2D eigenvalue weighted by Crippen LogP contribution is -2.37. The van der Waals surface area contributed by atoms with Crippen LogP contribution in [-0.4, -0.2) is 56.5 Å². The van der Waals surface area contributed by atoms with Gasteiger partial charge in [-0.1, -0.05) is 11.6 Å². The third-order valence-electron chi connectivity index (χ3n) is 4.74. The number of methoxy groups -OCH3 is 2. The molecule has 1 aliphatic heterocycles.